The van der Waals surface area contributed by atoms with E-state index in [-0.39, 0.29) is 12.8 Å². The van der Waals surface area contributed by atoms with Gasteiger partial charge in [0.05, 0.1) is 7.11 Å². The van der Waals surface area contributed by atoms with E-state index in [1.807, 2.05) is 6.07 Å². The van der Waals surface area contributed by atoms with E-state index in [0.29, 0.717) is 11.1 Å². The Morgan fingerprint density at radius 1 is 1.17 bits per heavy atom. The second-order valence-corrected chi connectivity index (χ2v) is 9.10. The average molecular weight is 503 g/mol. The van der Waals surface area contributed by atoms with Crippen LogP contribution in [-0.4, -0.2) is 60.0 Å². The van der Waals surface area contributed by atoms with Gasteiger partial charge in [0.2, 0.25) is 11.8 Å². The number of carbonyl (C=O) groups excluding carboxylic acids is 5. The van der Waals surface area contributed by atoms with Gasteiger partial charge in [-0.1, -0.05) is 30.2 Å². The molecule has 2 atom stereocenters. The van der Waals surface area contributed by atoms with E-state index < -0.39 is 54.0 Å². The number of rotatable bonds is 10. The number of methoxy groups -OCH3 is 1. The van der Waals surface area contributed by atoms with Crippen molar-refractivity contribution in [1.29, 1.82) is 0 Å². The minimum atomic E-state index is -1.36. The molecule has 0 fully saturated rings. The van der Waals surface area contributed by atoms with Crippen LogP contribution >= 0.6 is 0 Å². The molecule has 0 aliphatic heterocycles. The number of carbonyl (C=O) groups is 5. The van der Waals surface area contributed by atoms with E-state index in [2.05, 4.69) is 21.4 Å². The van der Waals surface area contributed by atoms with Gasteiger partial charge in [-0.25, -0.2) is 4.79 Å². The predicted octanol–water partition coefficient (Wildman–Crippen LogP) is 1.21. The molecule has 0 heterocycles. The Bertz CT molecular complexity index is 1040. The van der Waals surface area contributed by atoms with E-state index in [4.69, 9.17) is 16.9 Å². The van der Waals surface area contributed by atoms with Crippen LogP contribution in [0.4, 0.5) is 4.79 Å². The molecule has 1 aromatic carbocycles. The number of primary amides is 1. The van der Waals surface area contributed by atoms with Gasteiger partial charge in [-0.3, -0.25) is 24.1 Å². The molecule has 1 aromatic rings. The van der Waals surface area contributed by atoms with Gasteiger partial charge in [0.15, 0.2) is 0 Å². The van der Waals surface area contributed by atoms with Crippen molar-refractivity contribution in [1.82, 2.24) is 15.5 Å². The van der Waals surface area contributed by atoms with Gasteiger partial charge in [-0.2, -0.15) is 0 Å². The van der Waals surface area contributed by atoms with Crippen LogP contribution in [0.1, 0.15) is 56.3 Å². The fraction of sp³-hybridized carbons (Fsp3) is 0.480. The molecule has 11 heteroatoms. The lowest BCUT2D eigenvalue weighted by molar-refractivity contribution is -0.142. The monoisotopic (exact) mass is 502 g/mol. The van der Waals surface area contributed by atoms with Gasteiger partial charge >= 0.3 is 12.1 Å². The lowest BCUT2D eigenvalue weighted by Crippen LogP contribution is -2.52. The molecule has 4 amide bonds. The highest BCUT2D eigenvalue weighted by Gasteiger charge is 2.36. The highest BCUT2D eigenvalue weighted by atomic mass is 16.6. The summed E-state index contributed by atoms with van der Waals surface area (Å²) in [7, 11) is 1.17. The minimum absolute atomic E-state index is 0.186. The number of hydrogen-bond acceptors (Lipinski definition) is 7. The zero-order chi connectivity index (χ0) is 27.6. The Balaban J connectivity index is 3.46. The maximum Gasteiger partial charge on any atom is 0.408 e. The number of ether oxygens (including phenoxy) is 2. The van der Waals surface area contributed by atoms with Gasteiger partial charge in [0.1, 0.15) is 24.2 Å². The Labute approximate surface area is 211 Å². The summed E-state index contributed by atoms with van der Waals surface area (Å²) in [6.07, 6.45) is 4.35. The Morgan fingerprint density at radius 2 is 1.81 bits per heavy atom. The number of esters is 1. The highest BCUT2D eigenvalue weighted by Crippen LogP contribution is 2.26. The van der Waals surface area contributed by atoms with Crippen molar-refractivity contribution in [2.75, 3.05) is 13.7 Å². The van der Waals surface area contributed by atoms with E-state index >= 15 is 0 Å². The smallest absolute Gasteiger partial charge is 0.408 e. The molecule has 0 saturated heterocycles. The molecule has 36 heavy (non-hydrogen) atoms. The first-order valence-corrected chi connectivity index (χ1v) is 11.2. The Hall–Kier alpha value is -4.07. The van der Waals surface area contributed by atoms with Gasteiger partial charge in [0.25, 0.3) is 5.91 Å². The summed E-state index contributed by atoms with van der Waals surface area (Å²) in [6.45, 7) is 8.00. The summed E-state index contributed by atoms with van der Waals surface area (Å²) < 4.78 is 9.78. The van der Waals surface area contributed by atoms with Gasteiger partial charge in [-0.15, -0.1) is 0 Å². The number of amides is 4. The average Bonchev–Trinajstić information content (AvgIpc) is 2.78. The van der Waals surface area contributed by atoms with Gasteiger partial charge in [0, 0.05) is 12.5 Å². The molecule has 0 radical (unpaired) electrons. The second-order valence-electron chi connectivity index (χ2n) is 9.10. The summed E-state index contributed by atoms with van der Waals surface area (Å²) in [5, 5.41) is 4.83. The molecule has 1 rings (SSSR count). The van der Waals surface area contributed by atoms with E-state index in [1.54, 1.807) is 46.8 Å². The lowest BCUT2D eigenvalue weighted by atomic mass is 9.96. The number of benzene rings is 1. The molecule has 11 nitrogen and oxygen atoms in total. The molecule has 0 aromatic heterocycles. The first kappa shape index (κ1) is 30.0. The predicted molar refractivity (Wildman–Crippen MR) is 131 cm³/mol. The summed E-state index contributed by atoms with van der Waals surface area (Å²) in [5.74, 6) is -2.99. The topological polar surface area (TPSA) is 157 Å². The van der Waals surface area contributed by atoms with Crippen LogP contribution in [0.15, 0.2) is 18.2 Å². The third-order valence-electron chi connectivity index (χ3n) is 4.92. The van der Waals surface area contributed by atoms with Crippen LogP contribution in [0.3, 0.4) is 0 Å². The summed E-state index contributed by atoms with van der Waals surface area (Å²) in [4.78, 5) is 63.1. The van der Waals surface area contributed by atoms with Crippen molar-refractivity contribution in [3.05, 3.63) is 34.9 Å². The molecule has 196 valence electrons. The van der Waals surface area contributed by atoms with Crippen LogP contribution in [0.5, 0.6) is 0 Å². The second kappa shape index (κ2) is 13.1. The summed E-state index contributed by atoms with van der Waals surface area (Å²) in [6, 6.07) is 4.80. The SMILES string of the molecule is C#CN(C(=O)C(CCC(N)=O)NC(=O)OC(C)(C)C)C(C(=O)NCC(=O)OC)c1cc(C)ccc1C. The molecule has 4 N–H and O–H groups in total. The normalized spacial score (nSPS) is 12.4. The van der Waals surface area contributed by atoms with Crippen molar-refractivity contribution in [3.8, 4) is 12.5 Å². The first-order valence-electron chi connectivity index (χ1n) is 11.2. The molecule has 0 bridgehead atoms. The zero-order valence-electron chi connectivity index (χ0n) is 21.5. The fourth-order valence-corrected chi connectivity index (χ4v) is 3.21. The molecule has 2 unspecified atom stereocenters. The van der Waals surface area contributed by atoms with E-state index in [1.165, 1.54) is 7.11 Å². The quantitative estimate of drug-likeness (QED) is 0.246. The van der Waals surface area contributed by atoms with Crippen molar-refractivity contribution in [2.24, 2.45) is 5.73 Å². The van der Waals surface area contributed by atoms with Crippen LogP contribution < -0.4 is 16.4 Å². The molecular weight excluding hydrogens is 468 g/mol. The number of aryl methyl sites for hydroxylation is 2. The van der Waals surface area contributed by atoms with Crippen molar-refractivity contribution in [3.63, 3.8) is 0 Å². The Morgan fingerprint density at radius 3 is 2.33 bits per heavy atom. The van der Waals surface area contributed by atoms with Gasteiger partial charge in [-0.05, 0) is 52.2 Å². The number of alkyl carbamates (subject to hydrolysis) is 1. The number of nitrogens with one attached hydrogen (secondary N) is 2. The molecular formula is C25H34N4O7. The third kappa shape index (κ3) is 9.29. The zero-order valence-corrected chi connectivity index (χ0v) is 21.5. The lowest BCUT2D eigenvalue weighted by Gasteiger charge is -2.31. The molecule has 0 aliphatic carbocycles. The summed E-state index contributed by atoms with van der Waals surface area (Å²) in [5.41, 5.74) is 6.24. The number of terminal acetylenes is 1. The Kier molecular flexibility index (Phi) is 10.9. The standard InChI is InChI=1S/C25H34N4O7/c1-8-29(23(33)18(11-12-19(26)30)28-24(34)36-25(4,5)6)21(22(32)27-14-20(31)35-7)17-13-15(2)9-10-16(17)3/h1,9-10,13,18,21H,11-12,14H2,2-7H3,(H2,26,30)(H,27,32)(H,28,34). The van der Waals surface area contributed by atoms with Crippen molar-refractivity contribution in [2.45, 2.75) is 65.1 Å². The summed E-state index contributed by atoms with van der Waals surface area (Å²) >= 11 is 0. The maximum absolute atomic E-state index is 13.6. The first-order chi connectivity index (χ1) is 16.7. The van der Waals surface area contributed by atoms with Crippen LogP contribution in [0.2, 0.25) is 0 Å². The fourth-order valence-electron chi connectivity index (χ4n) is 3.21. The van der Waals surface area contributed by atoms with Gasteiger partial charge < -0.3 is 25.8 Å². The van der Waals surface area contributed by atoms with E-state index in [0.717, 1.165) is 10.5 Å². The third-order valence-corrected chi connectivity index (χ3v) is 4.92. The van der Waals surface area contributed by atoms with E-state index in [9.17, 15) is 24.0 Å². The number of hydrogen-bond donors (Lipinski definition) is 3. The van der Waals surface area contributed by atoms with Crippen molar-refractivity contribution < 1.29 is 33.4 Å². The minimum Gasteiger partial charge on any atom is -0.468 e. The van der Waals surface area contributed by atoms with Crippen LogP contribution in [0.25, 0.3) is 0 Å². The molecule has 0 aliphatic rings. The molecule has 0 spiro atoms. The van der Waals surface area contributed by atoms with Crippen LogP contribution in [0, 0.1) is 26.3 Å². The molecule has 0 saturated carbocycles. The highest BCUT2D eigenvalue weighted by molar-refractivity contribution is 5.94. The largest absolute Gasteiger partial charge is 0.468 e. The van der Waals surface area contributed by atoms with Crippen molar-refractivity contribution >= 4 is 29.8 Å². The maximum atomic E-state index is 13.6. The van der Waals surface area contributed by atoms with Crippen LogP contribution in [-0.2, 0) is 28.7 Å². The number of nitrogens with zero attached hydrogens (tertiary/aromatic N) is 1. The number of nitrogens with two attached hydrogens (primary N) is 1.